The molecule has 1 fully saturated rings. The van der Waals surface area contributed by atoms with E-state index in [1.807, 2.05) is 0 Å². The van der Waals surface area contributed by atoms with Gasteiger partial charge in [-0.1, -0.05) is 34.8 Å². The van der Waals surface area contributed by atoms with Crippen molar-refractivity contribution in [3.05, 3.63) is 0 Å². The zero-order valence-electron chi connectivity index (χ0n) is 8.13. The van der Waals surface area contributed by atoms with Gasteiger partial charge in [-0.05, 0) is 0 Å². The van der Waals surface area contributed by atoms with Crippen molar-refractivity contribution >= 4 is 34.8 Å². The van der Waals surface area contributed by atoms with E-state index in [1.165, 1.54) is 0 Å². The topological polar surface area (TPSA) is 90.2 Å². The Hall–Kier alpha value is 0.670. The summed E-state index contributed by atoms with van der Waals surface area (Å²) >= 11 is 16.6. The number of ether oxygens (including phenoxy) is 1. The molecule has 8 heteroatoms. The molecule has 5 nitrogen and oxygen atoms in total. The van der Waals surface area contributed by atoms with Crippen LogP contribution in [0.5, 0.6) is 0 Å². The minimum absolute atomic E-state index is 0.154. The number of aliphatic hydroxyl groups is 4. The van der Waals surface area contributed by atoms with E-state index in [9.17, 15) is 15.3 Å². The second-order valence-corrected chi connectivity index (χ2v) is 6.20. The molecular formula is C8H13Cl3O5. The van der Waals surface area contributed by atoms with Crippen LogP contribution in [0.4, 0.5) is 0 Å². The first-order chi connectivity index (χ1) is 7.26. The van der Waals surface area contributed by atoms with Gasteiger partial charge in [-0.25, -0.2) is 0 Å². The normalized spacial score (nSPS) is 41.1. The number of rotatable bonds is 2. The maximum absolute atomic E-state index is 9.59. The Morgan fingerprint density at radius 1 is 0.938 bits per heavy atom. The van der Waals surface area contributed by atoms with Crippen molar-refractivity contribution in [2.24, 2.45) is 0 Å². The SMILES string of the molecule is OC[C@H]1OC(CC(Cl)(Cl)Cl)[C@H](O)[C@@H](O)[C@@H]1O. The van der Waals surface area contributed by atoms with Crippen LogP contribution in [0, 0.1) is 0 Å². The average Bonchev–Trinajstić information content (AvgIpc) is 2.17. The van der Waals surface area contributed by atoms with Crippen LogP contribution in [0.15, 0.2) is 0 Å². The lowest BCUT2D eigenvalue weighted by atomic mass is 9.94. The Morgan fingerprint density at radius 2 is 1.44 bits per heavy atom. The van der Waals surface area contributed by atoms with Gasteiger partial charge in [0.25, 0.3) is 0 Å². The van der Waals surface area contributed by atoms with E-state index < -0.39 is 40.9 Å². The third kappa shape index (κ3) is 3.58. The fourth-order valence-corrected chi connectivity index (χ4v) is 2.03. The molecule has 0 saturated carbocycles. The van der Waals surface area contributed by atoms with E-state index in [4.69, 9.17) is 44.6 Å². The summed E-state index contributed by atoms with van der Waals surface area (Å²) in [7, 11) is 0. The molecule has 16 heavy (non-hydrogen) atoms. The van der Waals surface area contributed by atoms with Gasteiger partial charge in [0.1, 0.15) is 24.4 Å². The molecule has 1 saturated heterocycles. The van der Waals surface area contributed by atoms with E-state index in [2.05, 4.69) is 0 Å². The van der Waals surface area contributed by atoms with Gasteiger partial charge in [0.2, 0.25) is 0 Å². The zero-order valence-corrected chi connectivity index (χ0v) is 10.4. The number of aliphatic hydroxyl groups excluding tert-OH is 4. The van der Waals surface area contributed by atoms with Gasteiger partial charge >= 0.3 is 0 Å². The number of hydrogen-bond acceptors (Lipinski definition) is 5. The molecule has 0 radical (unpaired) electrons. The highest BCUT2D eigenvalue weighted by Gasteiger charge is 2.45. The third-order valence-electron chi connectivity index (χ3n) is 2.42. The third-order valence-corrected chi connectivity index (χ3v) is 2.89. The fraction of sp³-hybridized carbons (Fsp3) is 1.00. The Kier molecular flexibility index (Phi) is 5.10. The minimum Gasteiger partial charge on any atom is -0.394 e. The quantitative estimate of drug-likeness (QED) is 0.520. The van der Waals surface area contributed by atoms with Crippen molar-refractivity contribution in [3.63, 3.8) is 0 Å². The Balaban J connectivity index is 2.71. The number of halogens is 3. The summed E-state index contributed by atoms with van der Waals surface area (Å²) in [5.74, 6) is 0. The van der Waals surface area contributed by atoms with Crippen molar-refractivity contribution in [3.8, 4) is 0 Å². The highest BCUT2D eigenvalue weighted by molar-refractivity contribution is 6.67. The summed E-state index contributed by atoms with van der Waals surface area (Å²) in [5, 5.41) is 37.4. The van der Waals surface area contributed by atoms with Crippen molar-refractivity contribution in [2.45, 2.75) is 40.7 Å². The van der Waals surface area contributed by atoms with E-state index in [0.717, 1.165) is 0 Å². The first-order valence-corrected chi connectivity index (χ1v) is 5.77. The summed E-state index contributed by atoms with van der Waals surface area (Å²) in [6.45, 7) is -0.499. The molecular weight excluding hydrogens is 282 g/mol. The molecule has 1 aliphatic heterocycles. The van der Waals surface area contributed by atoms with Gasteiger partial charge in [0.05, 0.1) is 12.7 Å². The van der Waals surface area contributed by atoms with Crippen molar-refractivity contribution in [1.82, 2.24) is 0 Å². The average molecular weight is 296 g/mol. The molecule has 1 aliphatic rings. The fourth-order valence-electron chi connectivity index (χ4n) is 1.58. The van der Waals surface area contributed by atoms with Crippen LogP contribution in [-0.2, 0) is 4.74 Å². The molecule has 0 spiro atoms. The van der Waals surface area contributed by atoms with Crippen molar-refractivity contribution in [2.75, 3.05) is 6.61 Å². The standard InChI is InChI=1S/C8H13Cl3O5/c9-8(10,11)1-3-5(13)7(15)6(14)4(2-12)16-3/h3-7,12-15H,1-2H2/t3?,4-,5+,6-,7-/m1/s1. The molecule has 1 heterocycles. The molecule has 0 aromatic rings. The molecule has 0 aliphatic carbocycles. The molecule has 1 rings (SSSR count). The first kappa shape index (κ1) is 14.7. The Labute approximate surface area is 107 Å². The van der Waals surface area contributed by atoms with E-state index in [0.29, 0.717) is 0 Å². The molecule has 5 atom stereocenters. The second kappa shape index (κ2) is 5.54. The van der Waals surface area contributed by atoms with Gasteiger partial charge in [0.15, 0.2) is 3.79 Å². The van der Waals surface area contributed by atoms with Crippen LogP contribution in [0.1, 0.15) is 6.42 Å². The van der Waals surface area contributed by atoms with Gasteiger partial charge in [-0.2, -0.15) is 0 Å². The monoisotopic (exact) mass is 294 g/mol. The van der Waals surface area contributed by atoms with Crippen molar-refractivity contribution < 1.29 is 25.2 Å². The molecule has 4 N–H and O–H groups in total. The smallest absolute Gasteiger partial charge is 0.193 e. The number of alkyl halides is 3. The lowest BCUT2D eigenvalue weighted by Crippen LogP contribution is -2.59. The highest BCUT2D eigenvalue weighted by atomic mass is 35.6. The van der Waals surface area contributed by atoms with Gasteiger partial charge in [-0.15, -0.1) is 0 Å². The molecule has 96 valence electrons. The van der Waals surface area contributed by atoms with Crippen LogP contribution < -0.4 is 0 Å². The lowest BCUT2D eigenvalue weighted by molar-refractivity contribution is -0.230. The summed E-state index contributed by atoms with van der Waals surface area (Å²) in [6.07, 6.45) is -6.29. The predicted molar refractivity (Wildman–Crippen MR) is 58.7 cm³/mol. The molecule has 0 aromatic heterocycles. The lowest BCUT2D eigenvalue weighted by Gasteiger charge is -2.40. The summed E-state index contributed by atoms with van der Waals surface area (Å²) in [4.78, 5) is 0. The summed E-state index contributed by atoms with van der Waals surface area (Å²) in [5.41, 5.74) is 0. The first-order valence-electron chi connectivity index (χ1n) is 4.63. The summed E-state index contributed by atoms with van der Waals surface area (Å²) in [6, 6.07) is 0. The second-order valence-electron chi connectivity index (χ2n) is 3.69. The van der Waals surface area contributed by atoms with Crippen LogP contribution >= 0.6 is 34.8 Å². The van der Waals surface area contributed by atoms with Gasteiger partial charge < -0.3 is 25.2 Å². The largest absolute Gasteiger partial charge is 0.394 e. The van der Waals surface area contributed by atoms with E-state index in [1.54, 1.807) is 0 Å². The molecule has 0 amide bonds. The molecule has 0 aromatic carbocycles. The van der Waals surface area contributed by atoms with E-state index >= 15 is 0 Å². The maximum atomic E-state index is 9.59. The molecule has 0 bridgehead atoms. The van der Waals surface area contributed by atoms with Crippen LogP contribution in [0.3, 0.4) is 0 Å². The van der Waals surface area contributed by atoms with Crippen LogP contribution in [0.2, 0.25) is 0 Å². The highest BCUT2D eigenvalue weighted by Crippen LogP contribution is 2.35. The van der Waals surface area contributed by atoms with Crippen molar-refractivity contribution in [1.29, 1.82) is 0 Å². The number of hydrogen-bond donors (Lipinski definition) is 4. The van der Waals surface area contributed by atoms with Crippen LogP contribution in [-0.4, -0.2) is 61.3 Å². The predicted octanol–water partition coefficient (Wildman–Crippen LogP) is -0.411. The maximum Gasteiger partial charge on any atom is 0.193 e. The van der Waals surface area contributed by atoms with E-state index in [-0.39, 0.29) is 6.42 Å². The van der Waals surface area contributed by atoms with Gasteiger partial charge in [0, 0.05) is 6.42 Å². The minimum atomic E-state index is -1.65. The molecule has 1 unspecified atom stereocenters. The van der Waals surface area contributed by atoms with Gasteiger partial charge in [-0.3, -0.25) is 0 Å². The van der Waals surface area contributed by atoms with Crippen LogP contribution in [0.25, 0.3) is 0 Å². The Morgan fingerprint density at radius 3 is 1.88 bits per heavy atom. The Bertz CT molecular complexity index is 232. The summed E-state index contributed by atoms with van der Waals surface area (Å²) < 4.78 is 3.50. The zero-order chi connectivity index (χ0) is 12.5.